The van der Waals surface area contributed by atoms with Crippen LogP contribution in [0.1, 0.15) is 35.1 Å². The van der Waals surface area contributed by atoms with Crippen molar-refractivity contribution < 1.29 is 19.4 Å². The molecule has 1 atom stereocenters. The molecule has 1 saturated heterocycles. The first-order chi connectivity index (χ1) is 9.15. The van der Waals surface area contributed by atoms with Crippen LogP contribution in [0.5, 0.6) is 0 Å². The zero-order valence-electron chi connectivity index (χ0n) is 10.2. The van der Waals surface area contributed by atoms with E-state index >= 15 is 0 Å². The summed E-state index contributed by atoms with van der Waals surface area (Å²) < 4.78 is 4.97. The van der Waals surface area contributed by atoms with Gasteiger partial charge in [0.15, 0.2) is 5.69 Å². The maximum atomic E-state index is 11.8. The van der Waals surface area contributed by atoms with E-state index < -0.39 is 18.1 Å². The molecule has 1 aromatic rings. The number of carboxylic acids is 1. The van der Waals surface area contributed by atoms with Crippen molar-refractivity contribution in [3.63, 3.8) is 0 Å². The first kappa shape index (κ1) is 13.1. The first-order valence-electron chi connectivity index (χ1n) is 5.83. The van der Waals surface area contributed by atoms with Gasteiger partial charge in [-0.15, -0.1) is 5.10 Å². The van der Waals surface area contributed by atoms with Gasteiger partial charge in [-0.25, -0.2) is 9.59 Å². The molecular weight excluding hydrogens is 252 g/mol. The molecule has 0 radical (unpaired) electrons. The highest BCUT2D eigenvalue weighted by molar-refractivity contribution is 5.86. The first-order valence-corrected chi connectivity index (χ1v) is 5.83. The minimum atomic E-state index is -1.17. The van der Waals surface area contributed by atoms with Gasteiger partial charge in [0.2, 0.25) is 0 Å². The number of aromatic amines is 1. The lowest BCUT2D eigenvalue weighted by Crippen LogP contribution is -2.32. The Kier molecular flexibility index (Phi) is 3.79. The van der Waals surface area contributed by atoms with Crippen LogP contribution < -0.4 is 0 Å². The molecule has 0 bridgehead atoms. The van der Waals surface area contributed by atoms with E-state index in [9.17, 15) is 9.59 Å². The lowest BCUT2D eigenvalue weighted by atomic mass is 10.1. The van der Waals surface area contributed by atoms with Crippen LogP contribution in [0.2, 0.25) is 0 Å². The fourth-order valence-corrected chi connectivity index (χ4v) is 2.11. The SMILES string of the molecule is C=CCOC(=O)N1CCCC1c1n[nH]nc1C(=O)O. The van der Waals surface area contributed by atoms with Crippen LogP contribution in [0.15, 0.2) is 12.7 Å². The molecule has 0 spiro atoms. The van der Waals surface area contributed by atoms with Crippen LogP contribution in [-0.4, -0.2) is 50.6 Å². The van der Waals surface area contributed by atoms with Crippen molar-refractivity contribution in [1.82, 2.24) is 20.3 Å². The van der Waals surface area contributed by atoms with E-state index in [4.69, 9.17) is 9.84 Å². The maximum absolute atomic E-state index is 11.8. The average Bonchev–Trinajstić information content (AvgIpc) is 3.02. The van der Waals surface area contributed by atoms with Crippen LogP contribution in [0.3, 0.4) is 0 Å². The molecule has 1 aliphatic rings. The number of H-pyrrole nitrogens is 1. The Hall–Kier alpha value is -2.38. The Morgan fingerprint density at radius 3 is 3.05 bits per heavy atom. The molecule has 0 aliphatic carbocycles. The predicted octanol–water partition coefficient (Wildman–Crippen LogP) is 0.962. The number of amides is 1. The number of likely N-dealkylation sites (tertiary alicyclic amines) is 1. The van der Waals surface area contributed by atoms with Gasteiger partial charge in [-0.3, -0.25) is 4.90 Å². The van der Waals surface area contributed by atoms with Gasteiger partial charge in [-0.2, -0.15) is 10.3 Å². The maximum Gasteiger partial charge on any atom is 0.410 e. The van der Waals surface area contributed by atoms with E-state index in [-0.39, 0.29) is 18.0 Å². The summed E-state index contributed by atoms with van der Waals surface area (Å²) in [4.78, 5) is 24.3. The minimum Gasteiger partial charge on any atom is -0.476 e. The second-order valence-corrected chi connectivity index (χ2v) is 4.08. The fraction of sp³-hybridized carbons (Fsp3) is 0.455. The molecule has 1 aromatic heterocycles. The van der Waals surface area contributed by atoms with Crippen LogP contribution in [0, 0.1) is 0 Å². The molecule has 2 rings (SSSR count). The third-order valence-electron chi connectivity index (χ3n) is 2.91. The van der Waals surface area contributed by atoms with Crippen LogP contribution in [0.25, 0.3) is 0 Å². The summed E-state index contributed by atoms with van der Waals surface area (Å²) in [5.74, 6) is -1.17. The Morgan fingerprint density at radius 2 is 2.37 bits per heavy atom. The topological polar surface area (TPSA) is 108 Å². The van der Waals surface area contributed by atoms with Gasteiger partial charge >= 0.3 is 12.1 Å². The Bertz CT molecular complexity index is 499. The standard InChI is InChI=1S/C11H14N4O4/c1-2-6-19-11(18)15-5-3-4-7(15)8-9(10(16)17)13-14-12-8/h2,7H,1,3-6H2,(H,16,17)(H,12,13,14). The largest absolute Gasteiger partial charge is 0.476 e. The number of rotatable bonds is 4. The molecule has 0 saturated carbocycles. The van der Waals surface area contributed by atoms with Gasteiger partial charge in [0.1, 0.15) is 12.3 Å². The molecule has 19 heavy (non-hydrogen) atoms. The number of hydrogen-bond acceptors (Lipinski definition) is 5. The second kappa shape index (κ2) is 5.51. The third kappa shape index (κ3) is 2.56. The quantitative estimate of drug-likeness (QED) is 0.786. The Balaban J connectivity index is 2.18. The van der Waals surface area contributed by atoms with Crippen molar-refractivity contribution in [3.05, 3.63) is 24.0 Å². The lowest BCUT2D eigenvalue weighted by Gasteiger charge is -2.22. The van der Waals surface area contributed by atoms with E-state index in [0.717, 1.165) is 6.42 Å². The number of nitrogens with zero attached hydrogens (tertiary/aromatic N) is 3. The predicted molar refractivity (Wildman–Crippen MR) is 63.6 cm³/mol. The van der Waals surface area contributed by atoms with Crippen molar-refractivity contribution in [3.8, 4) is 0 Å². The van der Waals surface area contributed by atoms with Crippen molar-refractivity contribution in [1.29, 1.82) is 0 Å². The van der Waals surface area contributed by atoms with Gasteiger partial charge in [-0.05, 0) is 12.8 Å². The van der Waals surface area contributed by atoms with Crippen molar-refractivity contribution >= 4 is 12.1 Å². The van der Waals surface area contributed by atoms with E-state index in [0.29, 0.717) is 13.0 Å². The molecular formula is C11H14N4O4. The summed E-state index contributed by atoms with van der Waals surface area (Å²) >= 11 is 0. The fourth-order valence-electron chi connectivity index (χ4n) is 2.11. The van der Waals surface area contributed by atoms with E-state index in [1.807, 2.05) is 0 Å². The Morgan fingerprint density at radius 1 is 1.58 bits per heavy atom. The van der Waals surface area contributed by atoms with Gasteiger partial charge in [-0.1, -0.05) is 12.7 Å². The van der Waals surface area contributed by atoms with Crippen molar-refractivity contribution in [2.45, 2.75) is 18.9 Å². The Labute approximate surface area is 109 Å². The smallest absolute Gasteiger partial charge is 0.410 e. The molecule has 8 heteroatoms. The summed E-state index contributed by atoms with van der Waals surface area (Å²) in [6, 6.07) is -0.415. The number of aromatic carboxylic acids is 1. The summed E-state index contributed by atoms with van der Waals surface area (Å²) in [7, 11) is 0. The highest BCUT2D eigenvalue weighted by Gasteiger charge is 2.35. The van der Waals surface area contributed by atoms with E-state index in [2.05, 4.69) is 22.0 Å². The highest BCUT2D eigenvalue weighted by atomic mass is 16.6. The van der Waals surface area contributed by atoms with Crippen LogP contribution >= 0.6 is 0 Å². The van der Waals surface area contributed by atoms with Crippen LogP contribution in [-0.2, 0) is 4.74 Å². The third-order valence-corrected chi connectivity index (χ3v) is 2.91. The number of hydrogen-bond donors (Lipinski definition) is 2. The van der Waals surface area contributed by atoms with Gasteiger partial charge < -0.3 is 9.84 Å². The number of nitrogens with one attached hydrogen (secondary N) is 1. The van der Waals surface area contributed by atoms with E-state index in [1.54, 1.807) is 0 Å². The molecule has 2 heterocycles. The van der Waals surface area contributed by atoms with Gasteiger partial charge in [0.05, 0.1) is 6.04 Å². The highest BCUT2D eigenvalue weighted by Crippen LogP contribution is 2.32. The normalized spacial score (nSPS) is 18.3. The summed E-state index contributed by atoms with van der Waals surface area (Å²) in [6.07, 6.45) is 2.37. The number of carboxylic acid groups (broad SMARTS) is 1. The molecule has 2 N–H and O–H groups in total. The van der Waals surface area contributed by atoms with Crippen molar-refractivity contribution in [2.75, 3.05) is 13.2 Å². The van der Waals surface area contributed by atoms with Crippen molar-refractivity contribution in [2.24, 2.45) is 0 Å². The average molecular weight is 266 g/mol. The van der Waals surface area contributed by atoms with Gasteiger partial charge in [0, 0.05) is 6.54 Å². The summed E-state index contributed by atoms with van der Waals surface area (Å²) in [5.41, 5.74) is 0.106. The van der Waals surface area contributed by atoms with E-state index in [1.165, 1.54) is 11.0 Å². The monoisotopic (exact) mass is 266 g/mol. The molecule has 102 valence electrons. The molecule has 8 nitrogen and oxygen atoms in total. The zero-order chi connectivity index (χ0) is 13.8. The molecule has 1 unspecified atom stereocenters. The summed E-state index contributed by atoms with van der Waals surface area (Å²) in [5, 5.41) is 18.7. The molecule has 1 aliphatic heterocycles. The number of carbonyl (C=O) groups excluding carboxylic acids is 1. The second-order valence-electron chi connectivity index (χ2n) is 4.08. The molecule has 0 aromatic carbocycles. The minimum absolute atomic E-state index is 0.118. The zero-order valence-corrected chi connectivity index (χ0v) is 10.2. The molecule has 1 amide bonds. The van der Waals surface area contributed by atoms with Crippen LogP contribution in [0.4, 0.5) is 4.79 Å². The van der Waals surface area contributed by atoms with Gasteiger partial charge in [0.25, 0.3) is 0 Å². The molecule has 1 fully saturated rings. The number of ether oxygens (including phenoxy) is 1. The summed E-state index contributed by atoms with van der Waals surface area (Å²) in [6.45, 7) is 4.09. The lowest BCUT2D eigenvalue weighted by molar-refractivity contribution is 0.0683. The number of aromatic nitrogens is 3. The number of carbonyl (C=O) groups is 2.